The normalized spacial score (nSPS) is 17.4. The van der Waals surface area contributed by atoms with Gasteiger partial charge in [-0.05, 0) is 19.0 Å². The number of fused-ring (bicyclic) bond motifs is 1. The number of nitrogens with one attached hydrogen (secondary N) is 1. The SMILES string of the molecule is NCCc1cc(=O)[nH]c(C2CCOc3ccccc32)n1. The molecular formula is C15H17N3O2. The van der Waals surface area contributed by atoms with Crippen LogP contribution in [0.25, 0.3) is 0 Å². The van der Waals surface area contributed by atoms with Gasteiger partial charge in [-0.15, -0.1) is 0 Å². The van der Waals surface area contributed by atoms with Crippen LogP contribution in [0.1, 0.15) is 29.4 Å². The minimum Gasteiger partial charge on any atom is -0.493 e. The average molecular weight is 271 g/mol. The van der Waals surface area contributed by atoms with Gasteiger partial charge in [0.15, 0.2) is 0 Å². The minimum atomic E-state index is -0.123. The van der Waals surface area contributed by atoms with Gasteiger partial charge in [-0.1, -0.05) is 18.2 Å². The van der Waals surface area contributed by atoms with E-state index >= 15 is 0 Å². The van der Waals surface area contributed by atoms with E-state index in [1.807, 2.05) is 24.3 Å². The molecule has 1 unspecified atom stereocenters. The van der Waals surface area contributed by atoms with Crippen LogP contribution in [-0.2, 0) is 6.42 Å². The Balaban J connectivity index is 2.04. The number of para-hydroxylation sites is 1. The summed E-state index contributed by atoms with van der Waals surface area (Å²) in [7, 11) is 0. The molecule has 1 aliphatic heterocycles. The maximum Gasteiger partial charge on any atom is 0.251 e. The Morgan fingerprint density at radius 1 is 1.40 bits per heavy atom. The fraction of sp³-hybridized carbons (Fsp3) is 0.333. The maximum atomic E-state index is 11.8. The third kappa shape index (κ3) is 2.44. The number of rotatable bonds is 3. The molecule has 1 aromatic heterocycles. The first-order valence-corrected chi connectivity index (χ1v) is 6.80. The Hall–Kier alpha value is -2.14. The summed E-state index contributed by atoms with van der Waals surface area (Å²) < 4.78 is 5.64. The third-order valence-electron chi connectivity index (χ3n) is 3.50. The number of aromatic amines is 1. The molecule has 1 aliphatic rings. The minimum absolute atomic E-state index is 0.0744. The Labute approximate surface area is 116 Å². The first-order valence-electron chi connectivity index (χ1n) is 6.80. The van der Waals surface area contributed by atoms with Crippen LogP contribution < -0.4 is 16.0 Å². The monoisotopic (exact) mass is 271 g/mol. The average Bonchev–Trinajstić information content (AvgIpc) is 2.46. The lowest BCUT2D eigenvalue weighted by molar-refractivity contribution is 0.274. The predicted molar refractivity (Wildman–Crippen MR) is 76.0 cm³/mol. The van der Waals surface area contributed by atoms with Crippen LogP contribution in [0.4, 0.5) is 0 Å². The van der Waals surface area contributed by atoms with E-state index in [1.54, 1.807) is 0 Å². The van der Waals surface area contributed by atoms with Gasteiger partial charge in [0, 0.05) is 29.7 Å². The van der Waals surface area contributed by atoms with Crippen molar-refractivity contribution in [3.05, 3.63) is 57.8 Å². The van der Waals surface area contributed by atoms with E-state index in [0.29, 0.717) is 25.4 Å². The number of nitrogens with zero attached hydrogens (tertiary/aromatic N) is 1. The van der Waals surface area contributed by atoms with Crippen molar-refractivity contribution in [2.75, 3.05) is 13.2 Å². The van der Waals surface area contributed by atoms with E-state index in [-0.39, 0.29) is 11.5 Å². The fourth-order valence-corrected chi connectivity index (χ4v) is 2.60. The van der Waals surface area contributed by atoms with Crippen LogP contribution in [-0.4, -0.2) is 23.1 Å². The van der Waals surface area contributed by atoms with E-state index in [2.05, 4.69) is 9.97 Å². The zero-order valence-corrected chi connectivity index (χ0v) is 11.1. The topological polar surface area (TPSA) is 81.0 Å². The van der Waals surface area contributed by atoms with Crippen LogP contribution >= 0.6 is 0 Å². The van der Waals surface area contributed by atoms with E-state index in [4.69, 9.17) is 10.5 Å². The summed E-state index contributed by atoms with van der Waals surface area (Å²) in [5, 5.41) is 0. The second kappa shape index (κ2) is 5.46. The molecule has 0 aliphatic carbocycles. The van der Waals surface area contributed by atoms with E-state index in [0.717, 1.165) is 23.4 Å². The number of hydrogen-bond acceptors (Lipinski definition) is 4. The molecule has 0 saturated carbocycles. The maximum absolute atomic E-state index is 11.8. The van der Waals surface area contributed by atoms with Crippen LogP contribution in [0.15, 0.2) is 35.1 Å². The molecule has 2 aromatic rings. The summed E-state index contributed by atoms with van der Waals surface area (Å²) in [5.41, 5.74) is 7.24. The molecular weight excluding hydrogens is 254 g/mol. The summed E-state index contributed by atoms with van der Waals surface area (Å²) >= 11 is 0. The molecule has 3 N–H and O–H groups in total. The molecule has 1 aromatic carbocycles. The summed E-state index contributed by atoms with van der Waals surface area (Å²) in [6.45, 7) is 1.12. The van der Waals surface area contributed by atoms with Gasteiger partial charge in [-0.2, -0.15) is 0 Å². The van der Waals surface area contributed by atoms with Crippen molar-refractivity contribution in [1.29, 1.82) is 0 Å². The smallest absolute Gasteiger partial charge is 0.251 e. The fourth-order valence-electron chi connectivity index (χ4n) is 2.60. The van der Waals surface area contributed by atoms with Crippen LogP contribution in [0.3, 0.4) is 0 Å². The lowest BCUT2D eigenvalue weighted by Crippen LogP contribution is -2.22. The molecule has 0 amide bonds. The van der Waals surface area contributed by atoms with Gasteiger partial charge in [0.2, 0.25) is 0 Å². The molecule has 0 radical (unpaired) electrons. The van der Waals surface area contributed by atoms with Crippen LogP contribution in [0, 0.1) is 0 Å². The van der Waals surface area contributed by atoms with E-state index in [1.165, 1.54) is 6.07 Å². The largest absolute Gasteiger partial charge is 0.493 e. The highest BCUT2D eigenvalue weighted by molar-refractivity contribution is 5.40. The zero-order chi connectivity index (χ0) is 13.9. The van der Waals surface area contributed by atoms with Crippen molar-refractivity contribution in [3.63, 3.8) is 0 Å². The first-order chi connectivity index (χ1) is 9.78. The van der Waals surface area contributed by atoms with Gasteiger partial charge in [-0.25, -0.2) is 4.98 Å². The molecule has 3 rings (SSSR count). The van der Waals surface area contributed by atoms with Crippen molar-refractivity contribution >= 4 is 0 Å². The number of nitrogens with two attached hydrogens (primary N) is 1. The second-order valence-electron chi connectivity index (χ2n) is 4.89. The predicted octanol–water partition coefficient (Wildman–Crippen LogP) is 1.19. The lowest BCUT2D eigenvalue weighted by Gasteiger charge is -2.25. The lowest BCUT2D eigenvalue weighted by atomic mass is 9.92. The van der Waals surface area contributed by atoms with Crippen molar-refractivity contribution in [3.8, 4) is 5.75 Å². The summed E-state index contributed by atoms with van der Waals surface area (Å²) in [6, 6.07) is 9.41. The Bertz CT molecular complexity index is 666. The molecule has 104 valence electrons. The quantitative estimate of drug-likeness (QED) is 0.878. The Kier molecular flexibility index (Phi) is 3.52. The molecule has 2 heterocycles. The highest BCUT2D eigenvalue weighted by atomic mass is 16.5. The van der Waals surface area contributed by atoms with Gasteiger partial charge in [-0.3, -0.25) is 4.79 Å². The highest BCUT2D eigenvalue weighted by Crippen LogP contribution is 2.36. The molecule has 0 fully saturated rings. The molecule has 20 heavy (non-hydrogen) atoms. The summed E-state index contributed by atoms with van der Waals surface area (Å²) in [6.07, 6.45) is 1.42. The Morgan fingerprint density at radius 3 is 3.10 bits per heavy atom. The van der Waals surface area contributed by atoms with Gasteiger partial charge in [0.05, 0.1) is 6.61 Å². The third-order valence-corrected chi connectivity index (χ3v) is 3.50. The Morgan fingerprint density at radius 2 is 2.25 bits per heavy atom. The van der Waals surface area contributed by atoms with Crippen LogP contribution in [0.5, 0.6) is 5.75 Å². The molecule has 5 heteroatoms. The van der Waals surface area contributed by atoms with Gasteiger partial charge >= 0.3 is 0 Å². The zero-order valence-electron chi connectivity index (χ0n) is 11.1. The van der Waals surface area contributed by atoms with Gasteiger partial charge < -0.3 is 15.5 Å². The van der Waals surface area contributed by atoms with Crippen molar-refractivity contribution < 1.29 is 4.74 Å². The summed E-state index contributed by atoms with van der Waals surface area (Å²) in [5.74, 6) is 1.65. The van der Waals surface area contributed by atoms with Gasteiger partial charge in [0.1, 0.15) is 11.6 Å². The van der Waals surface area contributed by atoms with Crippen molar-refractivity contribution in [2.45, 2.75) is 18.8 Å². The first kappa shape index (κ1) is 12.9. The number of aromatic nitrogens is 2. The molecule has 0 bridgehead atoms. The molecule has 0 saturated heterocycles. The number of hydrogen-bond donors (Lipinski definition) is 2. The molecule has 1 atom stereocenters. The molecule has 0 spiro atoms. The number of H-pyrrole nitrogens is 1. The van der Waals surface area contributed by atoms with Crippen molar-refractivity contribution in [1.82, 2.24) is 9.97 Å². The number of ether oxygens (including phenoxy) is 1. The van der Waals surface area contributed by atoms with E-state index < -0.39 is 0 Å². The number of benzene rings is 1. The van der Waals surface area contributed by atoms with Crippen LogP contribution in [0.2, 0.25) is 0 Å². The standard InChI is InChI=1S/C15H17N3O2/c16-7-5-10-9-14(19)18-15(17-10)12-6-8-20-13-4-2-1-3-11(12)13/h1-4,9,12H,5-8,16H2,(H,17,18,19). The van der Waals surface area contributed by atoms with Gasteiger partial charge in [0.25, 0.3) is 5.56 Å². The van der Waals surface area contributed by atoms with Crippen molar-refractivity contribution in [2.24, 2.45) is 5.73 Å². The second-order valence-corrected chi connectivity index (χ2v) is 4.89. The highest BCUT2D eigenvalue weighted by Gasteiger charge is 2.24. The van der Waals surface area contributed by atoms with E-state index in [9.17, 15) is 4.79 Å². The summed E-state index contributed by atoms with van der Waals surface area (Å²) in [4.78, 5) is 19.2. The molecule has 5 nitrogen and oxygen atoms in total.